The lowest BCUT2D eigenvalue weighted by molar-refractivity contribution is -0.139. The summed E-state index contributed by atoms with van der Waals surface area (Å²) < 4.78 is 54.0. The Kier molecular flexibility index (Phi) is 3.07. The smallest absolute Gasteiger partial charge is 0.396 e. The molecule has 1 aliphatic carbocycles. The van der Waals surface area contributed by atoms with Crippen LogP contribution in [0.15, 0.2) is 6.07 Å². The average molecular weight is 275 g/mol. The van der Waals surface area contributed by atoms with Crippen molar-refractivity contribution in [2.75, 3.05) is 5.73 Å². The number of alkyl halides is 3. The zero-order valence-corrected chi connectivity index (χ0v) is 11.2. The van der Waals surface area contributed by atoms with Crippen molar-refractivity contribution >= 4 is 5.69 Å². The maximum absolute atomic E-state index is 14.0. The summed E-state index contributed by atoms with van der Waals surface area (Å²) in [4.78, 5) is 0. The SMILES string of the molecule is CC(C)(C)c1cc(N)c(F)c(C2CC2)c1C(F)(F)F. The maximum atomic E-state index is 14.0. The number of benzene rings is 1. The summed E-state index contributed by atoms with van der Waals surface area (Å²) in [6.45, 7) is 5.02. The normalized spacial score (nSPS) is 16.8. The van der Waals surface area contributed by atoms with Gasteiger partial charge in [0, 0.05) is 5.56 Å². The van der Waals surface area contributed by atoms with Gasteiger partial charge in [0.2, 0.25) is 0 Å². The van der Waals surface area contributed by atoms with Gasteiger partial charge >= 0.3 is 6.18 Å². The molecule has 0 spiro atoms. The monoisotopic (exact) mass is 275 g/mol. The summed E-state index contributed by atoms with van der Waals surface area (Å²) in [5, 5.41) is 0. The third kappa shape index (κ3) is 2.55. The van der Waals surface area contributed by atoms with Crippen molar-refractivity contribution in [1.29, 1.82) is 0 Å². The predicted octanol–water partition coefficient (Wildman–Crippen LogP) is 4.60. The van der Waals surface area contributed by atoms with Crippen molar-refractivity contribution in [1.82, 2.24) is 0 Å². The number of nitrogens with two attached hydrogens (primary N) is 1. The molecule has 0 bridgehead atoms. The van der Waals surface area contributed by atoms with Crippen molar-refractivity contribution in [2.45, 2.75) is 51.1 Å². The van der Waals surface area contributed by atoms with Gasteiger partial charge in [-0.05, 0) is 35.8 Å². The summed E-state index contributed by atoms with van der Waals surface area (Å²) in [5.41, 5.74) is 3.63. The van der Waals surface area contributed by atoms with E-state index in [1.54, 1.807) is 20.8 Å². The lowest BCUT2D eigenvalue weighted by Crippen LogP contribution is -2.23. The first kappa shape index (κ1) is 14.2. The first-order valence-corrected chi connectivity index (χ1v) is 6.23. The molecule has 0 radical (unpaired) electrons. The van der Waals surface area contributed by atoms with Gasteiger partial charge in [0.1, 0.15) is 5.82 Å². The van der Waals surface area contributed by atoms with Crippen molar-refractivity contribution in [2.24, 2.45) is 0 Å². The van der Waals surface area contributed by atoms with Crippen LogP contribution in [0.1, 0.15) is 56.2 Å². The highest BCUT2D eigenvalue weighted by Gasteiger charge is 2.44. The first-order chi connectivity index (χ1) is 8.53. The number of halogens is 4. The van der Waals surface area contributed by atoms with Crippen molar-refractivity contribution in [3.05, 3.63) is 28.6 Å². The topological polar surface area (TPSA) is 26.0 Å². The molecule has 106 valence electrons. The molecule has 0 aromatic heterocycles. The minimum absolute atomic E-state index is 0.0702. The van der Waals surface area contributed by atoms with Crippen LogP contribution >= 0.6 is 0 Å². The van der Waals surface area contributed by atoms with E-state index in [0.717, 1.165) is 6.07 Å². The van der Waals surface area contributed by atoms with Gasteiger partial charge in [0.15, 0.2) is 0 Å². The largest absolute Gasteiger partial charge is 0.417 e. The Morgan fingerprint density at radius 2 is 1.68 bits per heavy atom. The molecule has 1 aliphatic rings. The van der Waals surface area contributed by atoms with Crippen LogP contribution in [-0.4, -0.2) is 0 Å². The van der Waals surface area contributed by atoms with Gasteiger partial charge in [0.25, 0.3) is 0 Å². The van der Waals surface area contributed by atoms with E-state index in [1.807, 2.05) is 0 Å². The fourth-order valence-electron chi connectivity index (χ4n) is 2.35. The Balaban J connectivity index is 2.81. The summed E-state index contributed by atoms with van der Waals surface area (Å²) in [5.74, 6) is -1.25. The molecule has 0 unspecified atom stereocenters. The highest BCUT2D eigenvalue weighted by atomic mass is 19.4. The second kappa shape index (κ2) is 4.12. The Morgan fingerprint density at radius 1 is 1.16 bits per heavy atom. The van der Waals surface area contributed by atoms with E-state index < -0.39 is 23.0 Å². The van der Waals surface area contributed by atoms with E-state index in [2.05, 4.69) is 0 Å². The molecule has 0 amide bonds. The third-order valence-corrected chi connectivity index (χ3v) is 3.41. The summed E-state index contributed by atoms with van der Waals surface area (Å²) >= 11 is 0. The van der Waals surface area contributed by atoms with E-state index in [0.29, 0.717) is 12.8 Å². The molecule has 0 atom stereocenters. The summed E-state index contributed by atoms with van der Waals surface area (Å²) in [6, 6.07) is 1.13. The van der Waals surface area contributed by atoms with Gasteiger partial charge < -0.3 is 5.73 Å². The molecule has 0 aliphatic heterocycles. The quantitative estimate of drug-likeness (QED) is 0.588. The van der Waals surface area contributed by atoms with E-state index >= 15 is 0 Å². The number of anilines is 1. The fraction of sp³-hybridized carbons (Fsp3) is 0.571. The summed E-state index contributed by atoms with van der Waals surface area (Å²) in [7, 11) is 0. The number of hydrogen-bond donors (Lipinski definition) is 1. The molecular weight excluding hydrogens is 258 g/mol. The third-order valence-electron chi connectivity index (χ3n) is 3.41. The Morgan fingerprint density at radius 3 is 2.05 bits per heavy atom. The number of nitrogen functional groups attached to an aromatic ring is 1. The molecule has 1 saturated carbocycles. The molecule has 1 aromatic rings. The van der Waals surface area contributed by atoms with Gasteiger partial charge in [-0.25, -0.2) is 4.39 Å². The molecule has 5 heteroatoms. The maximum Gasteiger partial charge on any atom is 0.417 e. The highest BCUT2D eigenvalue weighted by Crippen LogP contribution is 2.51. The second-order valence-corrected chi connectivity index (χ2v) is 6.14. The standard InChI is InChI=1S/C14H17F4N/c1-13(2,3)8-6-9(19)12(15)10(7-4-5-7)11(8)14(16,17)18/h6-7H,4-5,19H2,1-3H3. The van der Waals surface area contributed by atoms with Gasteiger partial charge in [-0.2, -0.15) is 13.2 Å². The predicted molar refractivity (Wildman–Crippen MR) is 66.5 cm³/mol. The molecule has 1 aromatic carbocycles. The molecule has 0 saturated heterocycles. The number of hydrogen-bond acceptors (Lipinski definition) is 1. The molecule has 2 rings (SSSR count). The van der Waals surface area contributed by atoms with Crippen molar-refractivity contribution in [3.63, 3.8) is 0 Å². The van der Waals surface area contributed by atoms with Crippen LogP contribution < -0.4 is 5.73 Å². The Bertz CT molecular complexity index is 508. The van der Waals surface area contributed by atoms with Crippen molar-refractivity contribution < 1.29 is 17.6 Å². The lowest BCUT2D eigenvalue weighted by Gasteiger charge is -2.27. The Hall–Kier alpha value is -1.26. The van der Waals surface area contributed by atoms with E-state index in [1.165, 1.54) is 0 Å². The molecule has 2 N–H and O–H groups in total. The zero-order chi connectivity index (χ0) is 14.6. The van der Waals surface area contributed by atoms with Gasteiger partial charge in [-0.1, -0.05) is 20.8 Å². The van der Waals surface area contributed by atoms with Gasteiger partial charge in [0.05, 0.1) is 11.3 Å². The first-order valence-electron chi connectivity index (χ1n) is 6.23. The van der Waals surface area contributed by atoms with Gasteiger partial charge in [-0.15, -0.1) is 0 Å². The average Bonchev–Trinajstić information content (AvgIpc) is 3.01. The number of rotatable bonds is 1. The molecule has 0 heterocycles. The summed E-state index contributed by atoms with van der Waals surface area (Å²) in [6.07, 6.45) is -3.38. The van der Waals surface area contributed by atoms with Crippen LogP contribution in [0.25, 0.3) is 0 Å². The van der Waals surface area contributed by atoms with E-state index in [4.69, 9.17) is 5.73 Å². The molecule has 19 heavy (non-hydrogen) atoms. The molecule has 1 fully saturated rings. The zero-order valence-electron chi connectivity index (χ0n) is 11.2. The van der Waals surface area contributed by atoms with Crippen LogP contribution in [-0.2, 0) is 11.6 Å². The molecular formula is C14H17F4N. The minimum atomic E-state index is -4.56. The lowest BCUT2D eigenvalue weighted by atomic mass is 9.80. The molecule has 1 nitrogen and oxygen atoms in total. The Labute approximate surface area is 109 Å². The van der Waals surface area contributed by atoms with Crippen LogP contribution in [0.2, 0.25) is 0 Å². The van der Waals surface area contributed by atoms with Crippen LogP contribution in [0.4, 0.5) is 23.2 Å². The highest BCUT2D eigenvalue weighted by molar-refractivity contribution is 5.56. The van der Waals surface area contributed by atoms with Gasteiger partial charge in [-0.3, -0.25) is 0 Å². The van der Waals surface area contributed by atoms with Crippen LogP contribution in [0.5, 0.6) is 0 Å². The van der Waals surface area contributed by atoms with E-state index in [-0.39, 0.29) is 22.7 Å². The van der Waals surface area contributed by atoms with Crippen LogP contribution in [0.3, 0.4) is 0 Å². The van der Waals surface area contributed by atoms with E-state index in [9.17, 15) is 17.6 Å². The van der Waals surface area contributed by atoms with Crippen LogP contribution in [0, 0.1) is 5.82 Å². The van der Waals surface area contributed by atoms with Crippen molar-refractivity contribution in [3.8, 4) is 0 Å². The minimum Gasteiger partial charge on any atom is -0.396 e. The fourth-order valence-corrected chi connectivity index (χ4v) is 2.35. The second-order valence-electron chi connectivity index (χ2n) is 6.14.